The summed E-state index contributed by atoms with van der Waals surface area (Å²) >= 11 is 0. The molecular weight excluding hydrogens is 486 g/mol. The Morgan fingerprint density at radius 2 is 1.03 bits per heavy atom. The number of hydrogen-bond donors (Lipinski definition) is 4. The van der Waals surface area contributed by atoms with Crippen LogP contribution < -0.4 is 16.4 Å². The predicted octanol–water partition coefficient (Wildman–Crippen LogP) is 7.19. The maximum absolute atomic E-state index is 12.1. The summed E-state index contributed by atoms with van der Waals surface area (Å²) in [5, 5.41) is 19.6. The molecule has 1 aromatic heterocycles. The Balaban J connectivity index is 2.19. The minimum absolute atomic E-state index is 0.249. The fraction of sp³-hybridized carbons (Fsp3) is 0.875. The molecule has 7 heteroatoms. The summed E-state index contributed by atoms with van der Waals surface area (Å²) in [7, 11) is 0. The molecule has 0 spiro atoms. The van der Waals surface area contributed by atoms with Crippen molar-refractivity contribution in [3.05, 3.63) is 5.69 Å². The molecule has 1 aliphatic carbocycles. The van der Waals surface area contributed by atoms with E-state index in [0.717, 1.165) is 0 Å². The molecule has 2 heterocycles. The van der Waals surface area contributed by atoms with Gasteiger partial charge in [-0.25, -0.2) is 4.98 Å². The van der Waals surface area contributed by atoms with Crippen LogP contribution in [0.4, 0.5) is 17.5 Å². The molecule has 0 bridgehead atoms. The summed E-state index contributed by atoms with van der Waals surface area (Å²) in [5.74, 6) is 1.13. The van der Waals surface area contributed by atoms with Gasteiger partial charge in [0.1, 0.15) is 0 Å². The van der Waals surface area contributed by atoms with E-state index < -0.39 is 33.1 Å². The Kier molecular flexibility index (Phi) is 6.57. The second-order valence-electron chi connectivity index (χ2n) is 16.7. The van der Waals surface area contributed by atoms with Gasteiger partial charge in [0.15, 0.2) is 5.82 Å². The highest BCUT2D eigenvalue weighted by atomic mass is 16.5. The van der Waals surface area contributed by atoms with Gasteiger partial charge in [-0.2, -0.15) is 4.98 Å². The quantitative estimate of drug-likeness (QED) is 0.317. The first-order valence-electron chi connectivity index (χ1n) is 14.6. The van der Waals surface area contributed by atoms with Gasteiger partial charge in [-0.1, -0.05) is 69.2 Å². The highest BCUT2D eigenvalue weighted by molar-refractivity contribution is 5.67. The fourth-order valence-electron chi connectivity index (χ4n) is 8.06. The van der Waals surface area contributed by atoms with Gasteiger partial charge < -0.3 is 26.2 Å². The van der Waals surface area contributed by atoms with E-state index in [4.69, 9.17) is 20.4 Å². The van der Waals surface area contributed by atoms with Gasteiger partial charge in [-0.3, -0.25) is 0 Å². The number of ether oxygens (including phenoxy) is 1. The van der Waals surface area contributed by atoms with Crippen LogP contribution in [-0.4, -0.2) is 43.0 Å². The molecule has 3 rings (SSSR count). The first-order chi connectivity index (χ1) is 16.9. The van der Waals surface area contributed by atoms with E-state index in [0.29, 0.717) is 23.1 Å². The summed E-state index contributed by atoms with van der Waals surface area (Å²) in [6, 6.07) is 0. The maximum atomic E-state index is 12.1. The van der Waals surface area contributed by atoms with Crippen molar-refractivity contribution in [2.75, 3.05) is 16.4 Å². The summed E-state index contributed by atoms with van der Waals surface area (Å²) < 4.78 is 6.61. The first kappa shape index (κ1) is 31.9. The summed E-state index contributed by atoms with van der Waals surface area (Å²) in [6.45, 7) is 39.1. The van der Waals surface area contributed by atoms with Gasteiger partial charge in [-0.15, -0.1) is 0 Å². The number of aromatic nitrogens is 2. The third kappa shape index (κ3) is 3.47. The van der Waals surface area contributed by atoms with Crippen LogP contribution >= 0.6 is 0 Å². The van der Waals surface area contributed by atoms with Crippen LogP contribution in [0, 0.1) is 34.0 Å². The molecule has 2 fully saturated rings. The number of aryl methyl sites for hydroxylation is 1. The van der Waals surface area contributed by atoms with E-state index in [1.54, 1.807) is 0 Å². The summed E-state index contributed by atoms with van der Waals surface area (Å²) in [6.07, 6.45) is 0. The smallest absolute Gasteiger partial charge is 0.225 e. The van der Waals surface area contributed by atoms with E-state index >= 15 is 0 Å². The van der Waals surface area contributed by atoms with Crippen LogP contribution in [0.15, 0.2) is 0 Å². The summed E-state index contributed by atoms with van der Waals surface area (Å²) in [4.78, 5) is 9.90. The highest BCUT2D eigenvalue weighted by Gasteiger charge is 2.75. The minimum atomic E-state index is -0.931. The Hall–Kier alpha value is -1.60. The van der Waals surface area contributed by atoms with Gasteiger partial charge in [0.25, 0.3) is 0 Å². The monoisotopic (exact) mass is 545 g/mol. The van der Waals surface area contributed by atoms with Crippen molar-refractivity contribution in [2.45, 2.75) is 153 Å². The SMILES string of the molecule is Cc1nc(NC2(C)C(C)(C)C(C)(C)C(C)(O)C(C)(C)C2(C)C)nc(NC2(C)C(C)(C)OC(C)(C)C2(C)C)c1N. The molecule has 0 aromatic carbocycles. The zero-order valence-corrected chi connectivity index (χ0v) is 28.3. The maximum Gasteiger partial charge on any atom is 0.225 e. The van der Waals surface area contributed by atoms with E-state index in [2.05, 4.69) is 121 Å². The normalized spacial score (nSPS) is 36.8. The second-order valence-corrected chi connectivity index (χ2v) is 16.7. The Bertz CT molecular complexity index is 1130. The van der Waals surface area contributed by atoms with Gasteiger partial charge in [-0.05, 0) is 66.2 Å². The van der Waals surface area contributed by atoms with Crippen molar-refractivity contribution in [3.63, 3.8) is 0 Å². The van der Waals surface area contributed by atoms with Gasteiger partial charge >= 0.3 is 0 Å². The second kappa shape index (κ2) is 8.02. The highest BCUT2D eigenvalue weighted by Crippen LogP contribution is 2.72. The van der Waals surface area contributed by atoms with Gasteiger partial charge in [0.05, 0.1) is 33.7 Å². The zero-order chi connectivity index (χ0) is 30.8. The number of aliphatic hydroxyl groups is 1. The third-order valence-corrected chi connectivity index (χ3v) is 14.4. The molecule has 0 radical (unpaired) electrons. The number of rotatable bonds is 4. The van der Waals surface area contributed by atoms with E-state index in [1.807, 2.05) is 13.8 Å². The lowest BCUT2D eigenvalue weighted by molar-refractivity contribution is -0.287. The van der Waals surface area contributed by atoms with Crippen molar-refractivity contribution < 1.29 is 9.84 Å². The molecule has 1 aromatic rings. The van der Waals surface area contributed by atoms with Crippen LogP contribution in [-0.2, 0) is 4.74 Å². The van der Waals surface area contributed by atoms with Crippen LogP contribution in [0.5, 0.6) is 0 Å². The number of nitrogens with two attached hydrogens (primary N) is 1. The van der Waals surface area contributed by atoms with Crippen molar-refractivity contribution in [1.29, 1.82) is 0 Å². The van der Waals surface area contributed by atoms with E-state index in [-0.39, 0.29) is 21.8 Å². The molecule has 2 aliphatic rings. The minimum Gasteiger partial charge on any atom is -0.394 e. The van der Waals surface area contributed by atoms with Crippen molar-refractivity contribution in [2.24, 2.45) is 27.1 Å². The number of hydrogen-bond acceptors (Lipinski definition) is 7. The van der Waals surface area contributed by atoms with Gasteiger partial charge in [0, 0.05) is 21.8 Å². The Morgan fingerprint density at radius 1 is 0.590 bits per heavy atom. The zero-order valence-electron chi connectivity index (χ0n) is 28.3. The number of anilines is 3. The molecule has 224 valence electrons. The van der Waals surface area contributed by atoms with Crippen LogP contribution in [0.25, 0.3) is 0 Å². The lowest BCUT2D eigenvalue weighted by Crippen LogP contribution is -2.80. The van der Waals surface area contributed by atoms with Crippen LogP contribution in [0.1, 0.15) is 123 Å². The van der Waals surface area contributed by atoms with Crippen molar-refractivity contribution >= 4 is 17.5 Å². The number of nitrogens with zero attached hydrogens (tertiary/aromatic N) is 2. The molecule has 1 unspecified atom stereocenters. The molecule has 1 saturated carbocycles. The molecular formula is C32H59N5O2. The molecule has 39 heavy (non-hydrogen) atoms. The molecule has 5 N–H and O–H groups in total. The fourth-order valence-corrected chi connectivity index (χ4v) is 8.06. The van der Waals surface area contributed by atoms with Crippen molar-refractivity contribution in [1.82, 2.24) is 9.97 Å². The lowest BCUT2D eigenvalue weighted by atomic mass is 9.33. The number of nitrogen functional groups attached to an aromatic ring is 1. The van der Waals surface area contributed by atoms with E-state index in [1.165, 1.54) is 0 Å². The lowest BCUT2D eigenvalue weighted by Gasteiger charge is -2.75. The van der Waals surface area contributed by atoms with Crippen LogP contribution in [0.2, 0.25) is 0 Å². The summed E-state index contributed by atoms with van der Waals surface area (Å²) in [5.41, 5.74) is 3.25. The van der Waals surface area contributed by atoms with Crippen molar-refractivity contribution in [3.8, 4) is 0 Å². The Morgan fingerprint density at radius 3 is 1.41 bits per heavy atom. The molecule has 1 saturated heterocycles. The van der Waals surface area contributed by atoms with E-state index in [9.17, 15) is 5.11 Å². The largest absolute Gasteiger partial charge is 0.394 e. The molecule has 7 nitrogen and oxygen atoms in total. The molecule has 0 amide bonds. The molecule has 1 atom stereocenters. The van der Waals surface area contributed by atoms with Gasteiger partial charge in [0.2, 0.25) is 5.95 Å². The average molecular weight is 546 g/mol. The Labute approximate surface area is 238 Å². The molecule has 1 aliphatic heterocycles. The standard InChI is InChI=1S/C32H59N5O2/c1-19-20(33)21(36-31(17)27(10,11)28(12,13)39-29(31,14)15)35-22(34-19)37-30(16)23(2,3)25(6,7)32(18,38)26(8,9)24(30,4)5/h38H,33H2,1-18H3,(H2,34,35,36,37). The predicted molar refractivity (Wildman–Crippen MR) is 164 cm³/mol. The third-order valence-electron chi connectivity index (χ3n) is 14.4. The first-order valence-corrected chi connectivity index (χ1v) is 14.6. The van der Waals surface area contributed by atoms with Crippen LogP contribution in [0.3, 0.4) is 0 Å². The number of nitrogens with one attached hydrogen (secondary N) is 2. The topological polar surface area (TPSA) is 105 Å². The average Bonchev–Trinajstić information content (AvgIpc) is 2.83.